The van der Waals surface area contributed by atoms with Gasteiger partial charge in [0.15, 0.2) is 5.82 Å². The number of amides is 1. The lowest BCUT2D eigenvalue weighted by atomic mass is 10.2. The fourth-order valence-corrected chi connectivity index (χ4v) is 3.51. The van der Waals surface area contributed by atoms with E-state index >= 15 is 0 Å². The number of hydrogen-bond acceptors (Lipinski definition) is 7. The number of benzene rings is 1. The van der Waals surface area contributed by atoms with Crippen LogP contribution in [-0.4, -0.2) is 44.8 Å². The van der Waals surface area contributed by atoms with E-state index < -0.39 is 23.8 Å². The van der Waals surface area contributed by atoms with E-state index in [0.29, 0.717) is 22.6 Å². The Morgan fingerprint density at radius 2 is 1.94 bits per heavy atom. The van der Waals surface area contributed by atoms with E-state index in [2.05, 4.69) is 33.5 Å². The Kier molecular flexibility index (Phi) is 6.33. The molecular formula is C22H20F4N6O3. The first-order chi connectivity index (χ1) is 16.6. The number of halogens is 4. The van der Waals surface area contributed by atoms with Gasteiger partial charge in [-0.2, -0.15) is 0 Å². The number of rotatable bonds is 2. The number of carbonyl (C=O) groups excluding carboxylic acids is 1. The molecule has 4 heterocycles. The highest BCUT2D eigenvalue weighted by molar-refractivity contribution is 6.07. The van der Waals surface area contributed by atoms with Gasteiger partial charge in [0.2, 0.25) is 0 Å². The molecule has 35 heavy (non-hydrogen) atoms. The van der Waals surface area contributed by atoms with E-state index in [0.717, 1.165) is 11.0 Å². The molecule has 5 rings (SSSR count). The minimum absolute atomic E-state index is 0.0393. The molecule has 9 nitrogen and oxygen atoms in total. The zero-order valence-corrected chi connectivity index (χ0v) is 18.6. The van der Waals surface area contributed by atoms with Gasteiger partial charge in [-0.15, -0.1) is 13.2 Å². The van der Waals surface area contributed by atoms with Gasteiger partial charge >= 0.3 is 6.36 Å². The summed E-state index contributed by atoms with van der Waals surface area (Å²) in [5.74, 6) is -2.60. The maximum atomic E-state index is 14.7. The molecule has 0 fully saturated rings. The SMILES string of the molecule is CCC.Nc1nc2cnc(C(=O)N3CCOc4cc(OC(F)(F)F)cc(F)c43)cc2n2cncc12. The first-order valence-electron chi connectivity index (χ1n) is 10.5. The minimum atomic E-state index is -5.00. The third-order valence-corrected chi connectivity index (χ3v) is 4.81. The Bertz CT molecular complexity index is 1410. The highest BCUT2D eigenvalue weighted by atomic mass is 19.4. The summed E-state index contributed by atoms with van der Waals surface area (Å²) in [5.41, 5.74) is 6.98. The summed E-state index contributed by atoms with van der Waals surface area (Å²) in [5, 5.41) is 0. The Morgan fingerprint density at radius 1 is 1.20 bits per heavy atom. The maximum Gasteiger partial charge on any atom is 0.573 e. The molecule has 1 aliphatic heterocycles. The second kappa shape index (κ2) is 9.24. The fourth-order valence-electron chi connectivity index (χ4n) is 3.51. The molecule has 0 saturated carbocycles. The van der Waals surface area contributed by atoms with Crippen LogP contribution in [0.5, 0.6) is 11.5 Å². The number of ether oxygens (including phenoxy) is 2. The van der Waals surface area contributed by atoms with Crippen molar-refractivity contribution >= 4 is 34.0 Å². The van der Waals surface area contributed by atoms with Crippen LogP contribution in [-0.2, 0) is 0 Å². The summed E-state index contributed by atoms with van der Waals surface area (Å²) in [6.07, 6.45) is 0.597. The normalized spacial score (nSPS) is 13.1. The van der Waals surface area contributed by atoms with Gasteiger partial charge in [0.1, 0.15) is 46.3 Å². The second-order valence-electron chi connectivity index (χ2n) is 7.52. The van der Waals surface area contributed by atoms with Gasteiger partial charge in [-0.1, -0.05) is 20.3 Å². The average Bonchev–Trinajstić information content (AvgIpc) is 3.28. The first kappa shape index (κ1) is 24.0. The zero-order valence-electron chi connectivity index (χ0n) is 18.6. The van der Waals surface area contributed by atoms with Crippen molar-refractivity contribution < 1.29 is 31.8 Å². The van der Waals surface area contributed by atoms with Crippen LogP contribution in [0.25, 0.3) is 16.6 Å². The van der Waals surface area contributed by atoms with Crippen LogP contribution in [0.3, 0.4) is 0 Å². The number of hydrogen-bond donors (Lipinski definition) is 1. The van der Waals surface area contributed by atoms with Crippen LogP contribution in [0.15, 0.2) is 36.9 Å². The topological polar surface area (TPSA) is 108 Å². The summed E-state index contributed by atoms with van der Waals surface area (Å²) >= 11 is 0. The Balaban J connectivity index is 0.000000917. The van der Waals surface area contributed by atoms with Crippen molar-refractivity contribution in [2.24, 2.45) is 0 Å². The molecule has 0 atom stereocenters. The third kappa shape index (κ3) is 4.74. The molecule has 0 unspecified atom stereocenters. The number of carbonyl (C=O) groups is 1. The number of imidazole rings is 1. The van der Waals surface area contributed by atoms with E-state index in [1.807, 2.05) is 0 Å². The van der Waals surface area contributed by atoms with E-state index in [4.69, 9.17) is 10.5 Å². The highest BCUT2D eigenvalue weighted by Crippen LogP contribution is 2.39. The lowest BCUT2D eigenvalue weighted by Crippen LogP contribution is -2.39. The van der Waals surface area contributed by atoms with Crippen molar-refractivity contribution in [1.29, 1.82) is 0 Å². The number of alkyl halides is 3. The third-order valence-electron chi connectivity index (χ3n) is 4.81. The monoisotopic (exact) mass is 492 g/mol. The summed E-state index contributed by atoms with van der Waals surface area (Å²) in [6, 6.07) is 2.87. The molecule has 1 aromatic carbocycles. The molecule has 1 aliphatic rings. The predicted molar refractivity (Wildman–Crippen MR) is 119 cm³/mol. The highest BCUT2D eigenvalue weighted by Gasteiger charge is 2.34. The summed E-state index contributed by atoms with van der Waals surface area (Å²) < 4.78 is 62.9. The lowest BCUT2D eigenvalue weighted by molar-refractivity contribution is -0.274. The molecule has 4 aromatic rings. The number of nitrogens with two attached hydrogens (primary N) is 1. The van der Waals surface area contributed by atoms with E-state index in [1.54, 1.807) is 4.40 Å². The summed E-state index contributed by atoms with van der Waals surface area (Å²) in [6.45, 7) is 4.15. The molecular weight excluding hydrogens is 472 g/mol. The van der Waals surface area contributed by atoms with Crippen molar-refractivity contribution in [2.75, 3.05) is 23.8 Å². The Hall–Kier alpha value is -4.16. The van der Waals surface area contributed by atoms with Gasteiger partial charge in [0, 0.05) is 12.1 Å². The smallest absolute Gasteiger partial charge is 0.489 e. The lowest BCUT2D eigenvalue weighted by Gasteiger charge is -2.30. The fraction of sp³-hybridized carbons (Fsp3) is 0.273. The molecule has 184 valence electrons. The number of aromatic nitrogens is 4. The first-order valence-corrected chi connectivity index (χ1v) is 10.5. The quantitative estimate of drug-likeness (QED) is 0.415. The number of anilines is 2. The van der Waals surface area contributed by atoms with Crippen molar-refractivity contribution in [2.45, 2.75) is 26.6 Å². The van der Waals surface area contributed by atoms with Gasteiger partial charge in [-0.3, -0.25) is 14.1 Å². The predicted octanol–water partition coefficient (Wildman–Crippen LogP) is 4.35. The molecule has 3 aromatic heterocycles. The number of nitrogens with zero attached hydrogens (tertiary/aromatic N) is 5. The van der Waals surface area contributed by atoms with E-state index in [-0.39, 0.29) is 36.1 Å². The molecule has 0 bridgehead atoms. The zero-order chi connectivity index (χ0) is 25.3. The number of pyridine rings is 1. The average molecular weight is 492 g/mol. The van der Waals surface area contributed by atoms with Crippen LogP contribution in [0.2, 0.25) is 0 Å². The van der Waals surface area contributed by atoms with Crippen molar-refractivity contribution in [3.63, 3.8) is 0 Å². The van der Waals surface area contributed by atoms with Crippen molar-refractivity contribution in [1.82, 2.24) is 19.4 Å². The van der Waals surface area contributed by atoms with Gasteiger partial charge in [0.05, 0.1) is 30.8 Å². The van der Waals surface area contributed by atoms with Crippen molar-refractivity contribution in [3.8, 4) is 11.5 Å². The molecule has 2 N–H and O–H groups in total. The Labute approximate surface area is 196 Å². The van der Waals surface area contributed by atoms with Crippen LogP contribution in [0.1, 0.15) is 30.8 Å². The summed E-state index contributed by atoms with van der Waals surface area (Å²) in [4.78, 5) is 26.6. The van der Waals surface area contributed by atoms with E-state index in [9.17, 15) is 22.4 Å². The standard InChI is InChI=1S/C19H12F4N6O3.C3H8/c20-10-3-9(32-19(21,22)23)4-15-16(10)28(1-2-31-15)18(30)11-5-13-12(6-26-11)27-17(24)14-7-25-8-29(13)14;1-3-2/h3-8H,1-2H2,(H2,24,27);3H2,1-2H3. The van der Waals surface area contributed by atoms with Gasteiger partial charge in [-0.05, 0) is 6.07 Å². The maximum absolute atomic E-state index is 14.7. The van der Waals surface area contributed by atoms with Gasteiger partial charge in [-0.25, -0.2) is 19.3 Å². The molecule has 0 saturated heterocycles. The van der Waals surface area contributed by atoms with Crippen molar-refractivity contribution in [3.05, 3.63) is 48.4 Å². The molecule has 0 spiro atoms. The summed E-state index contributed by atoms with van der Waals surface area (Å²) in [7, 11) is 0. The van der Waals surface area contributed by atoms with Crippen LogP contribution in [0, 0.1) is 5.82 Å². The Morgan fingerprint density at radius 3 is 2.66 bits per heavy atom. The second-order valence-corrected chi connectivity index (χ2v) is 7.52. The molecule has 0 radical (unpaired) electrons. The minimum Gasteiger partial charge on any atom is -0.489 e. The van der Waals surface area contributed by atoms with Gasteiger partial charge < -0.3 is 15.2 Å². The number of nitrogen functional groups attached to an aromatic ring is 1. The van der Waals surface area contributed by atoms with Crippen LogP contribution in [0.4, 0.5) is 29.1 Å². The molecule has 13 heteroatoms. The van der Waals surface area contributed by atoms with E-state index in [1.165, 1.54) is 31.2 Å². The number of fused-ring (bicyclic) bond motifs is 4. The van der Waals surface area contributed by atoms with Crippen LogP contribution >= 0.6 is 0 Å². The largest absolute Gasteiger partial charge is 0.573 e. The van der Waals surface area contributed by atoms with Gasteiger partial charge in [0.25, 0.3) is 5.91 Å². The van der Waals surface area contributed by atoms with Crippen LogP contribution < -0.4 is 20.1 Å². The molecule has 0 aliphatic carbocycles. The molecule has 1 amide bonds.